The van der Waals surface area contributed by atoms with Gasteiger partial charge in [0, 0.05) is 25.2 Å². The molecule has 4 heteroatoms. The topological polar surface area (TPSA) is 32.7 Å². The summed E-state index contributed by atoms with van der Waals surface area (Å²) < 4.78 is 19.3. The molecule has 1 aliphatic heterocycles. The van der Waals surface area contributed by atoms with Crippen LogP contribution in [0.2, 0.25) is 0 Å². The number of anilines is 1. The summed E-state index contributed by atoms with van der Waals surface area (Å²) in [4.78, 5) is 1.96. The van der Waals surface area contributed by atoms with Crippen LogP contribution < -0.4 is 4.90 Å². The smallest absolute Gasteiger partial charge is 0.125 e. The molecule has 1 heterocycles. The van der Waals surface area contributed by atoms with Crippen molar-refractivity contribution in [1.29, 1.82) is 0 Å². The normalized spacial score (nSPS) is 27.6. The zero-order valence-electron chi connectivity index (χ0n) is 12.9. The van der Waals surface area contributed by atoms with E-state index in [4.69, 9.17) is 4.74 Å². The molecule has 0 spiro atoms. The maximum absolute atomic E-state index is 13.3. The first kappa shape index (κ1) is 15.3. The van der Waals surface area contributed by atoms with Crippen LogP contribution in [0.5, 0.6) is 0 Å². The summed E-state index contributed by atoms with van der Waals surface area (Å²) >= 11 is 0. The molecule has 2 rings (SSSR count). The van der Waals surface area contributed by atoms with Gasteiger partial charge in [-0.1, -0.05) is 6.07 Å². The predicted octanol–water partition coefficient (Wildman–Crippen LogP) is 2.83. The van der Waals surface area contributed by atoms with Crippen LogP contribution in [0.25, 0.3) is 0 Å². The van der Waals surface area contributed by atoms with Gasteiger partial charge in [0.25, 0.3) is 0 Å². The van der Waals surface area contributed by atoms with Crippen molar-refractivity contribution in [2.45, 2.75) is 45.0 Å². The number of nitrogens with zero attached hydrogens (tertiary/aromatic N) is 1. The van der Waals surface area contributed by atoms with Crippen molar-refractivity contribution in [2.24, 2.45) is 5.92 Å². The van der Waals surface area contributed by atoms with E-state index in [-0.39, 0.29) is 11.7 Å². The van der Waals surface area contributed by atoms with Gasteiger partial charge in [0.15, 0.2) is 0 Å². The van der Waals surface area contributed by atoms with Crippen LogP contribution in [-0.2, 0) is 4.74 Å². The summed E-state index contributed by atoms with van der Waals surface area (Å²) in [5.41, 5.74) is -0.167. The molecule has 1 saturated heterocycles. The third-order valence-corrected chi connectivity index (χ3v) is 4.23. The summed E-state index contributed by atoms with van der Waals surface area (Å²) in [5.74, 6) is -0.289. The minimum Gasteiger partial charge on any atom is -0.390 e. The van der Waals surface area contributed by atoms with E-state index in [0.717, 1.165) is 5.69 Å². The van der Waals surface area contributed by atoms with Gasteiger partial charge in [-0.05, 0) is 45.9 Å². The Morgan fingerprint density at radius 2 is 1.90 bits per heavy atom. The van der Waals surface area contributed by atoms with Gasteiger partial charge in [0.1, 0.15) is 5.82 Å². The van der Waals surface area contributed by atoms with Gasteiger partial charge in [-0.15, -0.1) is 0 Å². The molecule has 0 bridgehead atoms. The monoisotopic (exact) mass is 281 g/mol. The molecule has 1 aromatic carbocycles. The number of hydrogen-bond donors (Lipinski definition) is 1. The standard InChI is InChI=1S/C16H24FNO2/c1-15(2)13(14(19)16(3,4)20-15)10-18(5)12-8-6-7-11(17)9-12/h6-9,13-14,19H,10H2,1-5H3. The van der Waals surface area contributed by atoms with Gasteiger partial charge in [-0.3, -0.25) is 0 Å². The van der Waals surface area contributed by atoms with Gasteiger partial charge in [0.05, 0.1) is 17.3 Å². The van der Waals surface area contributed by atoms with Crippen LogP contribution in [-0.4, -0.2) is 36.0 Å². The Hall–Kier alpha value is -1.13. The number of aliphatic hydroxyl groups excluding tert-OH is 1. The zero-order valence-corrected chi connectivity index (χ0v) is 12.9. The van der Waals surface area contributed by atoms with Crippen molar-refractivity contribution in [3.63, 3.8) is 0 Å². The van der Waals surface area contributed by atoms with Gasteiger partial charge in [-0.2, -0.15) is 0 Å². The molecule has 0 radical (unpaired) electrons. The van der Waals surface area contributed by atoms with Crippen LogP contribution in [0.15, 0.2) is 24.3 Å². The highest BCUT2D eigenvalue weighted by Crippen LogP contribution is 2.42. The van der Waals surface area contributed by atoms with Crippen LogP contribution in [0.3, 0.4) is 0 Å². The first-order valence-electron chi connectivity index (χ1n) is 6.98. The van der Waals surface area contributed by atoms with E-state index >= 15 is 0 Å². The molecule has 112 valence electrons. The summed E-state index contributed by atoms with van der Waals surface area (Å²) in [6.07, 6.45) is -0.548. The Bertz CT molecular complexity index is 487. The summed E-state index contributed by atoms with van der Waals surface area (Å²) in [6.45, 7) is 8.41. The van der Waals surface area contributed by atoms with Crippen molar-refractivity contribution in [3.05, 3.63) is 30.1 Å². The Labute approximate surface area is 120 Å². The van der Waals surface area contributed by atoms with Gasteiger partial charge in [0.2, 0.25) is 0 Å². The molecule has 0 saturated carbocycles. The highest BCUT2D eigenvalue weighted by Gasteiger charge is 2.53. The molecule has 1 N–H and O–H groups in total. The number of rotatable bonds is 3. The number of ether oxygens (including phenoxy) is 1. The number of benzene rings is 1. The van der Waals surface area contributed by atoms with E-state index in [0.29, 0.717) is 6.54 Å². The minimum atomic E-state index is -0.559. The van der Waals surface area contributed by atoms with Crippen molar-refractivity contribution >= 4 is 5.69 Å². The van der Waals surface area contributed by atoms with E-state index in [1.807, 2.05) is 45.7 Å². The molecule has 2 unspecified atom stereocenters. The lowest BCUT2D eigenvalue weighted by atomic mass is 9.84. The number of aliphatic hydroxyl groups is 1. The SMILES string of the molecule is CN(CC1C(O)C(C)(C)OC1(C)C)c1cccc(F)c1. The molecule has 1 aromatic rings. The quantitative estimate of drug-likeness (QED) is 0.924. The maximum Gasteiger partial charge on any atom is 0.125 e. The molecule has 0 amide bonds. The van der Waals surface area contributed by atoms with Crippen molar-refractivity contribution < 1.29 is 14.2 Å². The molecule has 0 aliphatic carbocycles. The minimum absolute atomic E-state index is 0.0363. The molecule has 20 heavy (non-hydrogen) atoms. The Morgan fingerprint density at radius 3 is 2.40 bits per heavy atom. The Kier molecular flexibility index (Phi) is 3.82. The summed E-state index contributed by atoms with van der Waals surface area (Å²) in [5, 5.41) is 10.5. The zero-order chi connectivity index (χ0) is 15.1. The first-order chi connectivity index (χ1) is 9.13. The number of hydrogen-bond acceptors (Lipinski definition) is 3. The molecule has 2 atom stereocenters. The largest absolute Gasteiger partial charge is 0.390 e. The van der Waals surface area contributed by atoms with Crippen molar-refractivity contribution in [1.82, 2.24) is 0 Å². The van der Waals surface area contributed by atoms with Gasteiger partial charge < -0.3 is 14.7 Å². The summed E-state index contributed by atoms with van der Waals surface area (Å²) in [6, 6.07) is 6.49. The van der Waals surface area contributed by atoms with E-state index in [1.165, 1.54) is 12.1 Å². The van der Waals surface area contributed by atoms with Crippen LogP contribution in [0, 0.1) is 11.7 Å². The van der Waals surface area contributed by atoms with E-state index in [1.54, 1.807) is 6.07 Å². The average molecular weight is 281 g/mol. The lowest BCUT2D eigenvalue weighted by Crippen LogP contribution is -2.42. The van der Waals surface area contributed by atoms with Crippen molar-refractivity contribution in [3.8, 4) is 0 Å². The number of halogens is 1. The molecular formula is C16H24FNO2. The molecule has 1 aliphatic rings. The Balaban J connectivity index is 2.17. The van der Waals surface area contributed by atoms with Gasteiger partial charge >= 0.3 is 0 Å². The third kappa shape index (κ3) is 2.81. The van der Waals surface area contributed by atoms with E-state index < -0.39 is 17.3 Å². The third-order valence-electron chi connectivity index (χ3n) is 4.23. The second kappa shape index (κ2) is 5.01. The van der Waals surface area contributed by atoms with E-state index in [9.17, 15) is 9.50 Å². The molecule has 3 nitrogen and oxygen atoms in total. The van der Waals surface area contributed by atoms with Crippen molar-refractivity contribution in [2.75, 3.05) is 18.5 Å². The molecule has 1 fully saturated rings. The van der Waals surface area contributed by atoms with Crippen LogP contribution in [0.1, 0.15) is 27.7 Å². The van der Waals surface area contributed by atoms with Crippen LogP contribution >= 0.6 is 0 Å². The molecular weight excluding hydrogens is 257 g/mol. The predicted molar refractivity (Wildman–Crippen MR) is 78.4 cm³/mol. The first-order valence-corrected chi connectivity index (χ1v) is 6.98. The maximum atomic E-state index is 13.3. The molecule has 0 aromatic heterocycles. The second-order valence-corrected chi connectivity index (χ2v) is 6.72. The lowest BCUT2D eigenvalue weighted by Gasteiger charge is -2.31. The van der Waals surface area contributed by atoms with Crippen LogP contribution in [0.4, 0.5) is 10.1 Å². The second-order valence-electron chi connectivity index (χ2n) is 6.72. The lowest BCUT2D eigenvalue weighted by molar-refractivity contribution is -0.0906. The van der Waals surface area contributed by atoms with E-state index in [2.05, 4.69) is 0 Å². The Morgan fingerprint density at radius 1 is 1.25 bits per heavy atom. The van der Waals surface area contributed by atoms with Gasteiger partial charge in [-0.25, -0.2) is 4.39 Å². The summed E-state index contributed by atoms with van der Waals surface area (Å²) in [7, 11) is 1.91. The highest BCUT2D eigenvalue weighted by molar-refractivity contribution is 5.45. The fourth-order valence-electron chi connectivity index (χ4n) is 3.11. The fourth-order valence-corrected chi connectivity index (χ4v) is 3.11. The average Bonchev–Trinajstić information content (AvgIpc) is 2.47. The highest BCUT2D eigenvalue weighted by atomic mass is 19.1. The fraction of sp³-hybridized carbons (Fsp3) is 0.625.